The van der Waals surface area contributed by atoms with Crippen molar-refractivity contribution in [3.63, 3.8) is 0 Å². The van der Waals surface area contributed by atoms with Gasteiger partial charge < -0.3 is 35.4 Å². The average molecular weight is 641 g/mol. The van der Waals surface area contributed by atoms with Crippen molar-refractivity contribution in [2.45, 2.75) is 131 Å². The highest BCUT2D eigenvalue weighted by molar-refractivity contribution is 6.95. The Morgan fingerprint density at radius 1 is 0.350 bits per heavy atom. The summed E-state index contributed by atoms with van der Waals surface area (Å²) in [5, 5.41) is 0. The van der Waals surface area contributed by atoms with Crippen molar-refractivity contribution < 1.29 is 35.4 Å². The summed E-state index contributed by atoms with van der Waals surface area (Å²) in [5.74, 6) is 0. The Hall–Kier alpha value is 0.548. The zero-order valence-corrected chi connectivity index (χ0v) is 31.4. The van der Waals surface area contributed by atoms with Gasteiger partial charge in [-0.15, -0.1) is 0 Å². The van der Waals surface area contributed by atoms with Gasteiger partial charge in [-0.3, -0.25) is 0 Å². The van der Waals surface area contributed by atoms with Crippen LogP contribution in [0, 0.1) is 0 Å². The average Bonchev–Trinajstić information content (AvgIpc) is 2.96. The van der Waals surface area contributed by atoms with Crippen molar-refractivity contribution in [2.24, 2.45) is 0 Å². The van der Waals surface area contributed by atoms with Gasteiger partial charge in [-0.25, -0.2) is 0 Å². The van der Waals surface area contributed by atoms with Gasteiger partial charge in [0.15, 0.2) is 0 Å². The van der Waals surface area contributed by atoms with Crippen LogP contribution in [0.1, 0.15) is 107 Å². The molecule has 0 amide bonds. The van der Waals surface area contributed by atoms with E-state index in [0.717, 1.165) is 75.5 Å². The molecule has 1 rings (SSSR count). The van der Waals surface area contributed by atoms with Crippen LogP contribution in [0.2, 0.25) is 24.2 Å². The second kappa shape index (κ2) is 21.3. The molecule has 0 unspecified atom stereocenters. The predicted molar refractivity (Wildman–Crippen MR) is 172 cm³/mol. The summed E-state index contributed by atoms with van der Waals surface area (Å²) in [5.41, 5.74) is 0. The lowest BCUT2D eigenvalue weighted by Crippen LogP contribution is -2.74. The summed E-state index contributed by atoms with van der Waals surface area (Å²) in [6, 6.07) is 3.08. The number of rotatable bonds is 24. The van der Waals surface area contributed by atoms with Crippen molar-refractivity contribution in [2.75, 3.05) is 51.3 Å². The molecule has 0 bridgehead atoms. The third-order valence-corrected chi connectivity index (χ3v) is 26.3. The summed E-state index contributed by atoms with van der Waals surface area (Å²) < 4.78 is 54.6. The van der Waals surface area contributed by atoms with Gasteiger partial charge in [-0.05, 0) is 49.9 Å². The normalized spacial score (nSPS) is 29.4. The standard InChI is InChI=1S/C28H64O8Si4/c1-9-17-21-29-25-37(13-5)33-38(14-6,26-30-22-18-10-2)35-40(16-8,28-32-24-20-12-4)36-39(15-7,34-37)27-31-23-19-11-3/h9-28H2,1-8H3. The Balaban J connectivity index is 3.54. The van der Waals surface area contributed by atoms with E-state index < -0.39 is 34.2 Å². The second-order valence-corrected chi connectivity index (χ2v) is 25.6. The monoisotopic (exact) mass is 640 g/mol. The molecule has 12 heteroatoms. The lowest BCUT2D eigenvalue weighted by atomic mass is 10.4. The fourth-order valence-electron chi connectivity index (χ4n) is 4.56. The van der Waals surface area contributed by atoms with Gasteiger partial charge >= 0.3 is 34.2 Å². The largest absolute Gasteiger partial charge is 0.413 e. The van der Waals surface area contributed by atoms with Gasteiger partial charge in [-0.1, -0.05) is 81.1 Å². The van der Waals surface area contributed by atoms with Crippen molar-refractivity contribution in [3.8, 4) is 0 Å². The summed E-state index contributed by atoms with van der Waals surface area (Å²) in [6.07, 6.45) is 10.4. The molecule has 1 heterocycles. The minimum atomic E-state index is -2.89. The van der Waals surface area contributed by atoms with E-state index in [0.29, 0.717) is 51.3 Å². The van der Waals surface area contributed by atoms with Crippen LogP contribution in [0.4, 0.5) is 0 Å². The Morgan fingerprint density at radius 3 is 0.700 bits per heavy atom. The zero-order valence-electron chi connectivity index (χ0n) is 27.4. The summed E-state index contributed by atoms with van der Waals surface area (Å²) in [7, 11) is -11.5. The maximum Gasteiger partial charge on any atom is 0.347 e. The molecule has 40 heavy (non-hydrogen) atoms. The van der Waals surface area contributed by atoms with Crippen LogP contribution in [0.3, 0.4) is 0 Å². The third kappa shape index (κ3) is 13.0. The first-order valence-electron chi connectivity index (χ1n) is 16.4. The summed E-state index contributed by atoms with van der Waals surface area (Å²) >= 11 is 0. The van der Waals surface area contributed by atoms with E-state index in [2.05, 4.69) is 55.4 Å². The fraction of sp³-hybridized carbons (Fsp3) is 1.00. The number of ether oxygens (including phenoxy) is 4. The van der Waals surface area contributed by atoms with E-state index in [1.54, 1.807) is 0 Å². The Labute approximate surface area is 251 Å². The molecule has 0 aromatic carbocycles. The minimum absolute atomic E-state index is 0.483. The second-order valence-electron chi connectivity index (χ2n) is 11.1. The van der Waals surface area contributed by atoms with Crippen LogP contribution < -0.4 is 0 Å². The molecule has 0 saturated carbocycles. The van der Waals surface area contributed by atoms with E-state index in [9.17, 15) is 0 Å². The molecule has 0 N–H and O–H groups in total. The van der Waals surface area contributed by atoms with Crippen LogP contribution in [-0.4, -0.2) is 85.6 Å². The number of hydrogen-bond donors (Lipinski definition) is 0. The van der Waals surface area contributed by atoms with Crippen LogP contribution in [0.25, 0.3) is 0 Å². The van der Waals surface area contributed by atoms with Gasteiger partial charge in [0.05, 0.1) is 24.9 Å². The van der Waals surface area contributed by atoms with Crippen molar-refractivity contribution in [1.29, 1.82) is 0 Å². The zero-order chi connectivity index (χ0) is 29.8. The minimum Gasteiger partial charge on any atom is -0.413 e. The van der Waals surface area contributed by atoms with E-state index in [4.69, 9.17) is 35.4 Å². The quantitative estimate of drug-likeness (QED) is 0.0802. The molecule has 0 atom stereocenters. The molecule has 1 aliphatic heterocycles. The highest BCUT2D eigenvalue weighted by Gasteiger charge is 2.61. The molecular formula is C28H64O8Si4. The highest BCUT2D eigenvalue weighted by atomic mass is 28.5. The first-order valence-corrected chi connectivity index (χ1v) is 25.4. The molecule has 0 radical (unpaired) electrons. The molecule has 0 aromatic rings. The molecule has 240 valence electrons. The summed E-state index contributed by atoms with van der Waals surface area (Å²) in [4.78, 5) is 0. The van der Waals surface area contributed by atoms with Crippen LogP contribution >= 0.6 is 0 Å². The van der Waals surface area contributed by atoms with E-state index in [1.807, 2.05) is 0 Å². The van der Waals surface area contributed by atoms with E-state index in [1.165, 1.54) is 0 Å². The first kappa shape index (κ1) is 38.6. The number of hydrogen-bond acceptors (Lipinski definition) is 8. The van der Waals surface area contributed by atoms with Crippen molar-refractivity contribution in [1.82, 2.24) is 0 Å². The molecule has 0 aromatic heterocycles. The fourth-order valence-corrected chi connectivity index (χ4v) is 26.7. The smallest absolute Gasteiger partial charge is 0.347 e. The third-order valence-electron chi connectivity index (χ3n) is 7.50. The van der Waals surface area contributed by atoms with Gasteiger partial charge in [-0.2, -0.15) is 0 Å². The molecule has 1 saturated heterocycles. The lowest BCUT2D eigenvalue weighted by Gasteiger charge is -2.52. The topological polar surface area (TPSA) is 73.8 Å². The summed E-state index contributed by atoms with van der Waals surface area (Å²) in [6.45, 7) is 20.3. The maximum atomic E-state index is 7.36. The van der Waals surface area contributed by atoms with Crippen LogP contribution in [0.5, 0.6) is 0 Å². The van der Waals surface area contributed by atoms with Crippen LogP contribution in [-0.2, 0) is 35.4 Å². The van der Waals surface area contributed by atoms with Crippen LogP contribution in [0.15, 0.2) is 0 Å². The highest BCUT2D eigenvalue weighted by Crippen LogP contribution is 2.37. The maximum absolute atomic E-state index is 7.36. The Kier molecular flexibility index (Phi) is 20.5. The lowest BCUT2D eigenvalue weighted by molar-refractivity contribution is 0.0828. The molecule has 1 fully saturated rings. The van der Waals surface area contributed by atoms with E-state index in [-0.39, 0.29) is 0 Å². The van der Waals surface area contributed by atoms with Gasteiger partial charge in [0, 0.05) is 26.4 Å². The first-order chi connectivity index (χ1) is 19.3. The predicted octanol–water partition coefficient (Wildman–Crippen LogP) is 7.34. The Bertz CT molecular complexity index is 519. The Morgan fingerprint density at radius 2 is 0.550 bits per heavy atom. The van der Waals surface area contributed by atoms with E-state index >= 15 is 0 Å². The molecule has 1 aliphatic rings. The SMILES string of the molecule is CCCCOC[Si]1(CC)O[Si](CC)(COCCCC)O[Si](CC)(COCCCC)O[Si](CC)(COCCCC)O1. The molecule has 8 nitrogen and oxygen atoms in total. The van der Waals surface area contributed by atoms with Crippen molar-refractivity contribution >= 4 is 34.2 Å². The molecule has 0 aliphatic carbocycles. The van der Waals surface area contributed by atoms with Gasteiger partial charge in [0.1, 0.15) is 0 Å². The van der Waals surface area contributed by atoms with Gasteiger partial charge in [0.2, 0.25) is 0 Å². The van der Waals surface area contributed by atoms with Gasteiger partial charge in [0.25, 0.3) is 0 Å². The van der Waals surface area contributed by atoms with Crippen molar-refractivity contribution in [3.05, 3.63) is 0 Å². The molecule has 0 spiro atoms. The molecular weight excluding hydrogens is 577 g/mol. The number of unbranched alkanes of at least 4 members (excludes halogenated alkanes) is 4.